The zero-order valence-corrected chi connectivity index (χ0v) is 14.8. The smallest absolute Gasteiger partial charge is 0.254 e. The van der Waals surface area contributed by atoms with Crippen molar-refractivity contribution in [2.24, 2.45) is 0 Å². The van der Waals surface area contributed by atoms with Crippen molar-refractivity contribution >= 4 is 17.5 Å². The van der Waals surface area contributed by atoms with Crippen LogP contribution in [-0.2, 0) is 0 Å². The molecule has 0 atom stereocenters. The highest BCUT2D eigenvalue weighted by atomic mass is 16.1. The first kappa shape index (κ1) is 17.9. The number of aromatic nitrogens is 2. The first-order valence-corrected chi connectivity index (χ1v) is 8.05. The molecule has 6 heteroatoms. The molecule has 1 aromatic carbocycles. The van der Waals surface area contributed by atoms with Crippen molar-refractivity contribution in [1.29, 1.82) is 0 Å². The third-order valence-corrected chi connectivity index (χ3v) is 3.62. The lowest BCUT2D eigenvalue weighted by Crippen LogP contribution is -2.27. The fraction of sp³-hybridized carbons (Fsp3) is 0.389. The molecule has 0 aliphatic rings. The van der Waals surface area contributed by atoms with E-state index in [1.165, 1.54) is 0 Å². The van der Waals surface area contributed by atoms with Gasteiger partial charge in [-0.15, -0.1) is 0 Å². The number of nitrogens with zero attached hydrogens (tertiary/aromatic N) is 3. The molecule has 24 heavy (non-hydrogen) atoms. The summed E-state index contributed by atoms with van der Waals surface area (Å²) < 4.78 is 0. The molecule has 0 saturated heterocycles. The lowest BCUT2D eigenvalue weighted by Gasteiger charge is -2.10. The first-order chi connectivity index (χ1) is 11.5. The molecule has 128 valence electrons. The monoisotopic (exact) mass is 327 g/mol. The maximum atomic E-state index is 12.0. The van der Waals surface area contributed by atoms with Crippen LogP contribution >= 0.6 is 0 Å². The molecule has 1 amide bonds. The van der Waals surface area contributed by atoms with E-state index in [0.717, 1.165) is 29.8 Å². The van der Waals surface area contributed by atoms with Gasteiger partial charge in [0.05, 0.1) is 5.56 Å². The number of hydrogen-bond donors (Lipinski definition) is 2. The summed E-state index contributed by atoms with van der Waals surface area (Å²) in [5, 5.41) is 6.06. The van der Waals surface area contributed by atoms with Gasteiger partial charge >= 0.3 is 0 Å². The molecular formula is C18H25N5O. The Labute approximate surface area is 143 Å². The Morgan fingerprint density at radius 3 is 2.54 bits per heavy atom. The third kappa shape index (κ3) is 5.31. The molecular weight excluding hydrogens is 302 g/mol. The summed E-state index contributed by atoms with van der Waals surface area (Å²) in [6.45, 7) is 5.64. The van der Waals surface area contributed by atoms with Crippen molar-refractivity contribution in [3.05, 3.63) is 47.3 Å². The summed E-state index contributed by atoms with van der Waals surface area (Å²) >= 11 is 0. The van der Waals surface area contributed by atoms with Crippen LogP contribution in [0, 0.1) is 13.8 Å². The van der Waals surface area contributed by atoms with Crippen LogP contribution in [0.3, 0.4) is 0 Å². The maximum Gasteiger partial charge on any atom is 0.254 e. The van der Waals surface area contributed by atoms with Gasteiger partial charge in [0.25, 0.3) is 5.91 Å². The Balaban J connectivity index is 1.92. The maximum absolute atomic E-state index is 12.0. The second kappa shape index (κ2) is 8.40. The summed E-state index contributed by atoms with van der Waals surface area (Å²) in [5.41, 5.74) is 3.71. The minimum atomic E-state index is -0.146. The molecule has 0 bridgehead atoms. The van der Waals surface area contributed by atoms with Gasteiger partial charge in [0.15, 0.2) is 0 Å². The Bertz CT molecular complexity index is 682. The fourth-order valence-corrected chi connectivity index (χ4v) is 2.20. The quantitative estimate of drug-likeness (QED) is 0.765. The molecule has 1 aromatic heterocycles. The van der Waals surface area contributed by atoms with Gasteiger partial charge < -0.3 is 15.5 Å². The number of rotatable bonds is 7. The highest BCUT2D eigenvalue weighted by Crippen LogP contribution is 2.19. The van der Waals surface area contributed by atoms with E-state index in [2.05, 4.69) is 31.6 Å². The van der Waals surface area contributed by atoms with Crippen LogP contribution in [0.5, 0.6) is 0 Å². The predicted molar refractivity (Wildman–Crippen MR) is 96.7 cm³/mol. The number of anilines is 2. The Morgan fingerprint density at radius 1 is 1.17 bits per heavy atom. The predicted octanol–water partition coefficient (Wildman–Crippen LogP) is 2.52. The van der Waals surface area contributed by atoms with E-state index in [9.17, 15) is 4.79 Å². The molecule has 0 aliphatic carbocycles. The molecule has 0 saturated carbocycles. The highest BCUT2D eigenvalue weighted by Gasteiger charge is 2.07. The number of nitrogens with one attached hydrogen (secondary N) is 2. The summed E-state index contributed by atoms with van der Waals surface area (Å²) in [7, 11) is 4.02. The molecule has 0 aliphatic heterocycles. The standard InChI is InChI=1S/C18H25N5O/c1-13-6-7-14(2)16(10-13)22-18-20-11-15(12-21-18)17(24)19-8-5-9-23(3)4/h6-7,10-12H,5,8-9H2,1-4H3,(H,19,24)(H,20,21,22). The second-order valence-corrected chi connectivity index (χ2v) is 6.15. The number of aryl methyl sites for hydroxylation is 2. The molecule has 6 nitrogen and oxygen atoms in total. The van der Waals surface area contributed by atoms with Gasteiger partial charge in [-0.25, -0.2) is 9.97 Å². The normalized spacial score (nSPS) is 10.7. The van der Waals surface area contributed by atoms with Crippen molar-refractivity contribution in [3.8, 4) is 0 Å². The Kier molecular flexibility index (Phi) is 6.26. The molecule has 0 fully saturated rings. The molecule has 0 unspecified atom stereocenters. The zero-order valence-electron chi connectivity index (χ0n) is 14.8. The van der Waals surface area contributed by atoms with E-state index < -0.39 is 0 Å². The summed E-state index contributed by atoms with van der Waals surface area (Å²) in [5.74, 6) is 0.333. The van der Waals surface area contributed by atoms with E-state index in [1.54, 1.807) is 12.4 Å². The number of amides is 1. The average molecular weight is 327 g/mol. The molecule has 1 heterocycles. The molecule has 2 N–H and O–H groups in total. The van der Waals surface area contributed by atoms with E-state index in [-0.39, 0.29) is 5.91 Å². The van der Waals surface area contributed by atoms with Crippen molar-refractivity contribution in [2.75, 3.05) is 32.5 Å². The van der Waals surface area contributed by atoms with Crippen molar-refractivity contribution in [3.63, 3.8) is 0 Å². The number of hydrogen-bond acceptors (Lipinski definition) is 5. The lowest BCUT2D eigenvalue weighted by atomic mass is 10.1. The number of carbonyl (C=O) groups is 1. The van der Waals surface area contributed by atoms with E-state index in [1.807, 2.05) is 40.1 Å². The number of carbonyl (C=O) groups excluding carboxylic acids is 1. The highest BCUT2D eigenvalue weighted by molar-refractivity contribution is 5.93. The first-order valence-electron chi connectivity index (χ1n) is 8.05. The van der Waals surface area contributed by atoms with Crippen LogP contribution in [0.15, 0.2) is 30.6 Å². The van der Waals surface area contributed by atoms with Crippen LogP contribution in [-0.4, -0.2) is 48.0 Å². The average Bonchev–Trinajstić information content (AvgIpc) is 2.55. The van der Waals surface area contributed by atoms with E-state index in [0.29, 0.717) is 18.1 Å². The van der Waals surface area contributed by atoms with Gasteiger partial charge in [0, 0.05) is 24.6 Å². The topological polar surface area (TPSA) is 70.2 Å². The van der Waals surface area contributed by atoms with E-state index >= 15 is 0 Å². The summed E-state index contributed by atoms with van der Waals surface area (Å²) in [6, 6.07) is 6.16. The summed E-state index contributed by atoms with van der Waals surface area (Å²) in [4.78, 5) is 22.6. The Hall–Kier alpha value is -2.47. The third-order valence-electron chi connectivity index (χ3n) is 3.62. The number of benzene rings is 1. The lowest BCUT2D eigenvalue weighted by molar-refractivity contribution is 0.0951. The molecule has 0 radical (unpaired) electrons. The minimum absolute atomic E-state index is 0.146. The van der Waals surface area contributed by atoms with Crippen LogP contribution in [0.1, 0.15) is 27.9 Å². The minimum Gasteiger partial charge on any atom is -0.352 e. The summed E-state index contributed by atoms with van der Waals surface area (Å²) in [6.07, 6.45) is 4.00. The molecule has 2 rings (SSSR count). The van der Waals surface area contributed by atoms with Crippen molar-refractivity contribution in [1.82, 2.24) is 20.2 Å². The van der Waals surface area contributed by atoms with Crippen molar-refractivity contribution < 1.29 is 4.79 Å². The van der Waals surface area contributed by atoms with Crippen LogP contribution in [0.2, 0.25) is 0 Å². The SMILES string of the molecule is Cc1ccc(C)c(Nc2ncc(C(=O)NCCCN(C)C)cn2)c1. The van der Waals surface area contributed by atoms with Gasteiger partial charge in [0.1, 0.15) is 0 Å². The van der Waals surface area contributed by atoms with Crippen LogP contribution < -0.4 is 10.6 Å². The van der Waals surface area contributed by atoms with Crippen LogP contribution in [0.25, 0.3) is 0 Å². The van der Waals surface area contributed by atoms with Gasteiger partial charge in [-0.05, 0) is 58.1 Å². The van der Waals surface area contributed by atoms with Crippen molar-refractivity contribution in [2.45, 2.75) is 20.3 Å². The van der Waals surface area contributed by atoms with E-state index in [4.69, 9.17) is 0 Å². The fourth-order valence-electron chi connectivity index (χ4n) is 2.20. The van der Waals surface area contributed by atoms with Gasteiger partial charge in [0.2, 0.25) is 5.95 Å². The zero-order chi connectivity index (χ0) is 17.5. The van der Waals surface area contributed by atoms with Gasteiger partial charge in [-0.3, -0.25) is 4.79 Å². The molecule has 2 aromatic rings. The Morgan fingerprint density at radius 2 is 1.88 bits per heavy atom. The second-order valence-electron chi connectivity index (χ2n) is 6.15. The van der Waals surface area contributed by atoms with Crippen LogP contribution in [0.4, 0.5) is 11.6 Å². The molecule has 0 spiro atoms. The van der Waals surface area contributed by atoms with Gasteiger partial charge in [-0.2, -0.15) is 0 Å². The van der Waals surface area contributed by atoms with Gasteiger partial charge in [-0.1, -0.05) is 12.1 Å². The largest absolute Gasteiger partial charge is 0.352 e.